The van der Waals surface area contributed by atoms with E-state index < -0.39 is 30.2 Å². The number of rotatable bonds is 17. The van der Waals surface area contributed by atoms with Gasteiger partial charge in [-0.3, -0.25) is 9.59 Å². The summed E-state index contributed by atoms with van der Waals surface area (Å²) >= 11 is 0. The van der Waals surface area contributed by atoms with E-state index in [9.17, 15) is 14.4 Å². The molecule has 0 radical (unpaired) electrons. The number of hydrogen-bond donors (Lipinski definition) is 1. The number of hydrogen-bond acceptors (Lipinski definition) is 5. The zero-order chi connectivity index (χ0) is 20.5. The highest BCUT2D eigenvalue weighted by molar-refractivity contribution is 5.96. The van der Waals surface area contributed by atoms with E-state index in [0.29, 0.717) is 0 Å². The van der Waals surface area contributed by atoms with Gasteiger partial charge in [0.1, 0.15) is 0 Å². The first-order valence-electron chi connectivity index (χ1n) is 10.2. The van der Waals surface area contributed by atoms with Crippen LogP contribution in [0.1, 0.15) is 84.5 Å². The Labute approximate surface area is 163 Å². The largest absolute Gasteiger partial charge is 0.481 e. The molecule has 0 aromatic heterocycles. The summed E-state index contributed by atoms with van der Waals surface area (Å²) in [7, 11) is 0. The second kappa shape index (κ2) is 16.3. The molecule has 0 aromatic rings. The van der Waals surface area contributed by atoms with E-state index in [0.717, 1.165) is 64.2 Å². The Morgan fingerprint density at radius 1 is 0.815 bits per heavy atom. The first-order valence-corrected chi connectivity index (χ1v) is 10.2. The molecular formula is C21H36O6. The molecule has 0 saturated carbocycles. The van der Waals surface area contributed by atoms with Crippen molar-refractivity contribution in [3.63, 3.8) is 0 Å². The summed E-state index contributed by atoms with van der Waals surface area (Å²) in [5, 5.41) is 9.03. The Kier molecular flexibility index (Phi) is 15.2. The molecule has 0 aromatic carbocycles. The van der Waals surface area contributed by atoms with Crippen molar-refractivity contribution >= 4 is 17.9 Å². The fourth-order valence-electron chi connectivity index (χ4n) is 2.61. The number of aliphatic carboxylic acids is 1. The fourth-order valence-corrected chi connectivity index (χ4v) is 2.61. The number of esters is 2. The fraction of sp³-hybridized carbons (Fsp3) is 0.762. The van der Waals surface area contributed by atoms with E-state index >= 15 is 0 Å². The average molecular weight is 385 g/mol. The van der Waals surface area contributed by atoms with Crippen molar-refractivity contribution in [2.24, 2.45) is 5.92 Å². The molecule has 0 aliphatic rings. The smallest absolute Gasteiger partial charge is 0.334 e. The molecule has 0 saturated heterocycles. The van der Waals surface area contributed by atoms with E-state index in [1.165, 1.54) is 0 Å². The number of carboxylic acid groups (broad SMARTS) is 1. The zero-order valence-corrected chi connectivity index (χ0v) is 17.0. The number of ether oxygens (including phenoxy) is 2. The van der Waals surface area contributed by atoms with E-state index in [4.69, 9.17) is 14.6 Å². The van der Waals surface area contributed by atoms with Crippen molar-refractivity contribution in [2.45, 2.75) is 84.5 Å². The third-order valence-electron chi connectivity index (χ3n) is 4.32. The van der Waals surface area contributed by atoms with Gasteiger partial charge in [0.25, 0.3) is 0 Å². The monoisotopic (exact) mass is 384 g/mol. The lowest BCUT2D eigenvalue weighted by atomic mass is 9.97. The summed E-state index contributed by atoms with van der Waals surface area (Å²) in [6.45, 7) is 8.29. The van der Waals surface area contributed by atoms with E-state index in [2.05, 4.69) is 20.4 Å². The summed E-state index contributed by atoms with van der Waals surface area (Å²) in [6.07, 6.45) is 9.55. The van der Waals surface area contributed by atoms with E-state index in [1.807, 2.05) is 0 Å². The highest BCUT2D eigenvalue weighted by atomic mass is 16.5. The summed E-state index contributed by atoms with van der Waals surface area (Å²) in [6, 6.07) is 0. The van der Waals surface area contributed by atoms with Crippen LogP contribution >= 0.6 is 0 Å². The highest BCUT2D eigenvalue weighted by Crippen LogP contribution is 2.18. The van der Waals surface area contributed by atoms with Crippen LogP contribution in [-0.4, -0.2) is 36.2 Å². The average Bonchev–Trinajstić information content (AvgIpc) is 2.64. The van der Waals surface area contributed by atoms with Crippen LogP contribution in [-0.2, 0) is 23.9 Å². The maximum atomic E-state index is 12.2. The maximum absolute atomic E-state index is 12.2. The first kappa shape index (κ1) is 25.1. The molecule has 0 spiro atoms. The Morgan fingerprint density at radius 3 is 1.78 bits per heavy atom. The van der Waals surface area contributed by atoms with Crippen molar-refractivity contribution in [3.05, 3.63) is 12.2 Å². The van der Waals surface area contributed by atoms with Gasteiger partial charge in [0.05, 0.1) is 25.6 Å². The lowest BCUT2D eigenvalue weighted by molar-refractivity contribution is -0.154. The summed E-state index contributed by atoms with van der Waals surface area (Å²) in [4.78, 5) is 35.3. The van der Waals surface area contributed by atoms with E-state index in [-0.39, 0.29) is 18.8 Å². The SMILES string of the molecule is C=C(C(=O)OCCCCCCC)C(CC(=O)O)C(=O)OCCCCCCC. The van der Waals surface area contributed by atoms with Crippen molar-refractivity contribution < 1.29 is 29.0 Å². The molecule has 27 heavy (non-hydrogen) atoms. The molecule has 0 rings (SSSR count). The van der Waals surface area contributed by atoms with Gasteiger partial charge in [-0.2, -0.15) is 0 Å². The standard InChI is InChI=1S/C21H36O6/c1-4-6-8-10-12-14-26-20(24)17(3)18(16-19(22)23)21(25)27-15-13-11-9-7-5-2/h18H,3-16H2,1-2H3,(H,22,23). The normalized spacial score (nSPS) is 11.6. The van der Waals surface area contributed by atoms with Crippen molar-refractivity contribution in [1.29, 1.82) is 0 Å². The molecule has 1 unspecified atom stereocenters. The van der Waals surface area contributed by atoms with Gasteiger partial charge in [0.15, 0.2) is 0 Å². The molecule has 6 heteroatoms. The third-order valence-corrected chi connectivity index (χ3v) is 4.32. The van der Waals surface area contributed by atoms with Gasteiger partial charge in [0, 0.05) is 5.57 Å². The minimum Gasteiger partial charge on any atom is -0.481 e. The Balaban J connectivity index is 4.37. The van der Waals surface area contributed by atoms with Gasteiger partial charge in [-0.25, -0.2) is 4.79 Å². The molecular weight excluding hydrogens is 348 g/mol. The number of carbonyl (C=O) groups is 3. The lowest BCUT2D eigenvalue weighted by Gasteiger charge is -2.16. The lowest BCUT2D eigenvalue weighted by Crippen LogP contribution is -2.27. The number of carboxylic acids is 1. The third kappa shape index (κ3) is 13.0. The van der Waals surface area contributed by atoms with Crippen molar-refractivity contribution in [2.75, 3.05) is 13.2 Å². The molecule has 6 nitrogen and oxygen atoms in total. The van der Waals surface area contributed by atoms with Gasteiger partial charge < -0.3 is 14.6 Å². The van der Waals surface area contributed by atoms with Crippen molar-refractivity contribution in [1.82, 2.24) is 0 Å². The predicted octanol–water partition coefficient (Wildman–Crippen LogP) is 4.66. The van der Waals surface area contributed by atoms with Gasteiger partial charge in [-0.05, 0) is 12.8 Å². The highest BCUT2D eigenvalue weighted by Gasteiger charge is 2.30. The minimum absolute atomic E-state index is 0.151. The van der Waals surface area contributed by atoms with Crippen LogP contribution in [0, 0.1) is 5.92 Å². The number of unbranched alkanes of at least 4 members (excludes halogenated alkanes) is 8. The van der Waals surface area contributed by atoms with Crippen LogP contribution in [0.2, 0.25) is 0 Å². The predicted molar refractivity (Wildman–Crippen MR) is 104 cm³/mol. The van der Waals surface area contributed by atoms with Gasteiger partial charge in [-0.1, -0.05) is 71.8 Å². The van der Waals surface area contributed by atoms with Crippen LogP contribution in [0.4, 0.5) is 0 Å². The topological polar surface area (TPSA) is 89.9 Å². The summed E-state index contributed by atoms with van der Waals surface area (Å²) in [5.74, 6) is -3.84. The molecule has 0 aliphatic heterocycles. The van der Waals surface area contributed by atoms with Crippen LogP contribution in [0.5, 0.6) is 0 Å². The Hall–Kier alpha value is -1.85. The second-order valence-electron chi connectivity index (χ2n) is 6.81. The molecule has 1 N–H and O–H groups in total. The quantitative estimate of drug-likeness (QED) is 0.223. The van der Waals surface area contributed by atoms with Gasteiger partial charge in [0.2, 0.25) is 0 Å². The van der Waals surface area contributed by atoms with E-state index in [1.54, 1.807) is 0 Å². The number of carbonyl (C=O) groups excluding carboxylic acids is 2. The summed E-state index contributed by atoms with van der Waals surface area (Å²) in [5.41, 5.74) is -0.151. The molecule has 0 bridgehead atoms. The summed E-state index contributed by atoms with van der Waals surface area (Å²) < 4.78 is 10.3. The zero-order valence-electron chi connectivity index (χ0n) is 17.0. The molecule has 1 atom stereocenters. The molecule has 0 amide bonds. The molecule has 0 aliphatic carbocycles. The van der Waals surface area contributed by atoms with Crippen LogP contribution in [0.15, 0.2) is 12.2 Å². The van der Waals surface area contributed by atoms with Crippen LogP contribution in [0.25, 0.3) is 0 Å². The van der Waals surface area contributed by atoms with Crippen molar-refractivity contribution in [3.8, 4) is 0 Å². The molecule has 0 heterocycles. The van der Waals surface area contributed by atoms with Crippen LogP contribution < -0.4 is 0 Å². The second-order valence-corrected chi connectivity index (χ2v) is 6.81. The maximum Gasteiger partial charge on any atom is 0.334 e. The van der Waals surface area contributed by atoms with Gasteiger partial charge in [-0.15, -0.1) is 0 Å². The van der Waals surface area contributed by atoms with Crippen LogP contribution in [0.3, 0.4) is 0 Å². The Morgan fingerprint density at radius 2 is 1.30 bits per heavy atom. The minimum atomic E-state index is -1.20. The van der Waals surface area contributed by atoms with Gasteiger partial charge >= 0.3 is 17.9 Å². The Bertz CT molecular complexity index is 458. The molecule has 0 fully saturated rings. The first-order chi connectivity index (χ1) is 12.9. The molecule has 156 valence electrons.